The van der Waals surface area contributed by atoms with Crippen LogP contribution < -0.4 is 0 Å². The first kappa shape index (κ1) is 11.0. The van der Waals surface area contributed by atoms with Gasteiger partial charge in [0.05, 0.1) is 17.6 Å². The predicted molar refractivity (Wildman–Crippen MR) is 70.5 cm³/mol. The number of hydrogen-bond donors (Lipinski definition) is 3. The molecule has 3 rings (SSSR count). The van der Waals surface area contributed by atoms with Gasteiger partial charge in [-0.25, -0.2) is 4.79 Å². The third kappa shape index (κ3) is 1.70. The third-order valence-electron chi connectivity index (χ3n) is 2.72. The molecule has 0 unspecified atom stereocenters. The minimum absolute atomic E-state index is 0.153. The lowest BCUT2D eigenvalue weighted by Crippen LogP contribution is -1.96. The Morgan fingerprint density at radius 3 is 2.94 bits per heavy atom. The zero-order valence-electron chi connectivity index (χ0n) is 9.07. The number of fused-ring (bicyclic) bond motifs is 1. The van der Waals surface area contributed by atoms with Crippen LogP contribution >= 0.6 is 15.9 Å². The molecule has 0 atom stereocenters. The minimum atomic E-state index is -1.00. The monoisotopic (exact) mass is 305 g/mol. The second kappa shape index (κ2) is 3.99. The van der Waals surface area contributed by atoms with Crippen molar-refractivity contribution >= 4 is 32.8 Å². The van der Waals surface area contributed by atoms with Crippen LogP contribution in [-0.2, 0) is 0 Å². The van der Waals surface area contributed by atoms with Crippen molar-refractivity contribution in [1.29, 1.82) is 0 Å². The van der Waals surface area contributed by atoms with Gasteiger partial charge in [-0.2, -0.15) is 5.10 Å². The van der Waals surface area contributed by atoms with Crippen molar-refractivity contribution in [3.8, 4) is 11.4 Å². The molecule has 0 aliphatic carbocycles. The molecule has 6 heteroatoms. The molecule has 0 bridgehead atoms. The van der Waals surface area contributed by atoms with Gasteiger partial charge >= 0.3 is 5.97 Å². The van der Waals surface area contributed by atoms with E-state index in [1.807, 2.05) is 24.3 Å². The van der Waals surface area contributed by atoms with E-state index >= 15 is 0 Å². The number of rotatable bonds is 2. The number of carboxylic acid groups (broad SMARTS) is 1. The van der Waals surface area contributed by atoms with Crippen LogP contribution in [0.15, 0.2) is 34.9 Å². The number of carbonyl (C=O) groups is 1. The summed E-state index contributed by atoms with van der Waals surface area (Å²) >= 11 is 3.40. The lowest BCUT2D eigenvalue weighted by molar-refractivity contribution is 0.0698. The highest BCUT2D eigenvalue weighted by molar-refractivity contribution is 9.10. The van der Waals surface area contributed by atoms with Crippen molar-refractivity contribution in [2.75, 3.05) is 0 Å². The molecule has 0 aliphatic heterocycles. The molecule has 3 aromatic rings. The first-order chi connectivity index (χ1) is 8.65. The molecule has 0 spiro atoms. The summed E-state index contributed by atoms with van der Waals surface area (Å²) in [5.74, 6) is -1.00. The molecule has 3 N–H and O–H groups in total. The van der Waals surface area contributed by atoms with Gasteiger partial charge < -0.3 is 10.1 Å². The lowest BCUT2D eigenvalue weighted by atomic mass is 10.2. The topological polar surface area (TPSA) is 81.8 Å². The summed E-state index contributed by atoms with van der Waals surface area (Å²) in [5, 5.41) is 16.5. The van der Waals surface area contributed by atoms with Gasteiger partial charge in [-0.1, -0.05) is 15.9 Å². The Morgan fingerprint density at radius 2 is 2.17 bits per heavy atom. The SMILES string of the molecule is O=C(O)c1cn[nH]c1-c1cc2cc(Br)ccc2[nH]1. The van der Waals surface area contributed by atoms with Crippen LogP contribution in [0.25, 0.3) is 22.3 Å². The molecule has 0 amide bonds. The van der Waals surface area contributed by atoms with Gasteiger partial charge in [0, 0.05) is 15.4 Å². The molecule has 5 nitrogen and oxygen atoms in total. The summed E-state index contributed by atoms with van der Waals surface area (Å²) in [4.78, 5) is 14.2. The lowest BCUT2D eigenvalue weighted by Gasteiger charge is -1.94. The fourth-order valence-corrected chi connectivity index (χ4v) is 2.27. The van der Waals surface area contributed by atoms with Gasteiger partial charge in [-0.05, 0) is 24.3 Å². The second-order valence-corrected chi connectivity index (χ2v) is 4.79. The maximum absolute atomic E-state index is 11.0. The van der Waals surface area contributed by atoms with E-state index in [1.54, 1.807) is 0 Å². The molecule has 0 fully saturated rings. The summed E-state index contributed by atoms with van der Waals surface area (Å²) < 4.78 is 0.976. The number of benzene rings is 1. The van der Waals surface area contributed by atoms with Crippen molar-refractivity contribution in [3.05, 3.63) is 40.5 Å². The number of aromatic carboxylic acids is 1. The number of hydrogen-bond acceptors (Lipinski definition) is 2. The van der Waals surface area contributed by atoms with E-state index < -0.39 is 5.97 Å². The molecule has 1 aromatic carbocycles. The summed E-state index contributed by atoms with van der Waals surface area (Å²) in [6, 6.07) is 7.71. The number of carboxylic acids is 1. The smallest absolute Gasteiger partial charge is 0.339 e. The number of H-pyrrole nitrogens is 2. The van der Waals surface area contributed by atoms with Crippen LogP contribution in [0.1, 0.15) is 10.4 Å². The summed E-state index contributed by atoms with van der Waals surface area (Å²) in [5.41, 5.74) is 2.28. The normalized spacial score (nSPS) is 10.9. The van der Waals surface area contributed by atoms with Crippen LogP contribution in [0.5, 0.6) is 0 Å². The van der Waals surface area contributed by atoms with Gasteiger partial charge in [0.15, 0.2) is 0 Å². The Bertz CT molecular complexity index is 745. The van der Waals surface area contributed by atoms with Crippen LogP contribution in [0, 0.1) is 0 Å². The van der Waals surface area contributed by atoms with E-state index in [4.69, 9.17) is 5.11 Å². The number of nitrogens with one attached hydrogen (secondary N) is 2. The first-order valence-corrected chi connectivity index (χ1v) is 6.00. The second-order valence-electron chi connectivity index (χ2n) is 3.88. The summed E-state index contributed by atoms with van der Waals surface area (Å²) in [6.45, 7) is 0. The highest BCUT2D eigenvalue weighted by Crippen LogP contribution is 2.27. The van der Waals surface area contributed by atoms with Crippen molar-refractivity contribution in [1.82, 2.24) is 15.2 Å². The van der Waals surface area contributed by atoms with Crippen molar-refractivity contribution in [2.24, 2.45) is 0 Å². The van der Waals surface area contributed by atoms with Crippen molar-refractivity contribution < 1.29 is 9.90 Å². The Balaban J connectivity index is 2.19. The molecule has 0 saturated carbocycles. The van der Waals surface area contributed by atoms with E-state index in [1.165, 1.54) is 6.20 Å². The number of aromatic nitrogens is 3. The minimum Gasteiger partial charge on any atom is -0.478 e. The summed E-state index contributed by atoms with van der Waals surface area (Å²) in [7, 11) is 0. The van der Waals surface area contributed by atoms with Crippen LogP contribution in [0.4, 0.5) is 0 Å². The summed E-state index contributed by atoms with van der Waals surface area (Å²) in [6.07, 6.45) is 1.30. The van der Waals surface area contributed by atoms with Gasteiger partial charge in [0.1, 0.15) is 5.56 Å². The maximum Gasteiger partial charge on any atom is 0.339 e. The highest BCUT2D eigenvalue weighted by Gasteiger charge is 2.15. The fraction of sp³-hybridized carbons (Fsp3) is 0. The standard InChI is InChI=1S/C12H8BrN3O2/c13-7-1-2-9-6(3-7)4-10(15-9)11-8(12(17)18)5-14-16-11/h1-5,15H,(H,14,16)(H,17,18). The van der Waals surface area contributed by atoms with Gasteiger partial charge in [-0.15, -0.1) is 0 Å². The largest absolute Gasteiger partial charge is 0.478 e. The van der Waals surface area contributed by atoms with E-state index in [9.17, 15) is 4.79 Å². The predicted octanol–water partition coefficient (Wildman–Crippen LogP) is 3.02. The molecule has 0 aliphatic rings. The molecule has 2 aromatic heterocycles. The van der Waals surface area contributed by atoms with E-state index in [0.29, 0.717) is 11.4 Å². The van der Waals surface area contributed by atoms with Gasteiger partial charge in [0.25, 0.3) is 0 Å². The Kier molecular flexibility index (Phi) is 2.45. The zero-order chi connectivity index (χ0) is 12.7. The quantitative estimate of drug-likeness (QED) is 0.680. The molecular weight excluding hydrogens is 298 g/mol. The Hall–Kier alpha value is -2.08. The number of halogens is 1. The van der Waals surface area contributed by atoms with Crippen LogP contribution in [0.3, 0.4) is 0 Å². The zero-order valence-corrected chi connectivity index (χ0v) is 10.7. The molecular formula is C12H8BrN3O2. The highest BCUT2D eigenvalue weighted by atomic mass is 79.9. The van der Waals surface area contributed by atoms with E-state index in [2.05, 4.69) is 31.1 Å². The average molecular weight is 306 g/mol. The average Bonchev–Trinajstić information content (AvgIpc) is 2.93. The Morgan fingerprint density at radius 1 is 1.33 bits per heavy atom. The first-order valence-electron chi connectivity index (χ1n) is 5.20. The van der Waals surface area contributed by atoms with Crippen molar-refractivity contribution in [2.45, 2.75) is 0 Å². The van der Waals surface area contributed by atoms with E-state index in [-0.39, 0.29) is 5.56 Å². The van der Waals surface area contributed by atoms with Gasteiger partial charge in [0.2, 0.25) is 0 Å². The van der Waals surface area contributed by atoms with Crippen molar-refractivity contribution in [3.63, 3.8) is 0 Å². The van der Waals surface area contributed by atoms with E-state index in [0.717, 1.165) is 15.4 Å². The molecule has 0 radical (unpaired) electrons. The molecule has 0 saturated heterocycles. The maximum atomic E-state index is 11.0. The molecule has 18 heavy (non-hydrogen) atoms. The van der Waals surface area contributed by atoms with Crippen LogP contribution in [0.2, 0.25) is 0 Å². The molecule has 2 heterocycles. The third-order valence-corrected chi connectivity index (χ3v) is 3.22. The molecule has 90 valence electrons. The number of nitrogens with zero attached hydrogens (tertiary/aromatic N) is 1. The van der Waals surface area contributed by atoms with Crippen LogP contribution in [-0.4, -0.2) is 26.3 Å². The van der Waals surface area contributed by atoms with Gasteiger partial charge in [-0.3, -0.25) is 5.10 Å². The Labute approximate surface area is 110 Å². The fourth-order valence-electron chi connectivity index (χ4n) is 1.89. The number of aromatic amines is 2.